The van der Waals surface area contributed by atoms with E-state index in [2.05, 4.69) is 44.9 Å². The Kier molecular flexibility index (Phi) is 5.97. The van der Waals surface area contributed by atoms with Crippen molar-refractivity contribution >= 4 is 22.8 Å². The monoisotopic (exact) mass is 437 g/mol. The summed E-state index contributed by atoms with van der Waals surface area (Å²) < 4.78 is 13.4. The number of aromatic nitrogens is 4. The highest BCUT2D eigenvalue weighted by Gasteiger charge is 2.21. The number of hydrogen-bond acceptors (Lipinski definition) is 6. The lowest BCUT2D eigenvalue weighted by Crippen LogP contribution is -2.30. The maximum atomic E-state index is 6.20. The number of ether oxygens (including phenoxy) is 2. The second-order valence-electron chi connectivity index (χ2n) is 7.82. The molecule has 1 fully saturated rings. The van der Waals surface area contributed by atoms with Gasteiger partial charge in [0.2, 0.25) is 11.2 Å². The molecule has 2 atom stereocenters. The summed E-state index contributed by atoms with van der Waals surface area (Å²) in [6, 6.07) is 13.8. The van der Waals surface area contributed by atoms with Crippen molar-refractivity contribution in [1.82, 2.24) is 25.1 Å². The zero-order valence-corrected chi connectivity index (χ0v) is 17.8. The summed E-state index contributed by atoms with van der Waals surface area (Å²) in [4.78, 5) is 0. The standard InChI is InChI=1S/C23H24ClN5O2/c24-23-27-26-21-10-11-22(28-29(21)23)31-20-9-8-16(14-25-15-18-7-4-12-30-18)13-19(20)17-5-2-1-3-6-17/h1-3,5-6,9-11,13,16,18,25H,4,7-8,12,14-15H2. The van der Waals surface area contributed by atoms with Crippen LogP contribution >= 0.6 is 11.6 Å². The minimum Gasteiger partial charge on any atom is -0.437 e. The van der Waals surface area contributed by atoms with Crippen LogP contribution in [0.4, 0.5) is 0 Å². The van der Waals surface area contributed by atoms with Gasteiger partial charge < -0.3 is 14.8 Å². The molecule has 1 N–H and O–H groups in total. The van der Waals surface area contributed by atoms with E-state index >= 15 is 0 Å². The van der Waals surface area contributed by atoms with Crippen molar-refractivity contribution in [3.8, 4) is 5.88 Å². The lowest BCUT2D eigenvalue weighted by molar-refractivity contribution is 0.109. The van der Waals surface area contributed by atoms with Gasteiger partial charge in [0.1, 0.15) is 5.76 Å². The summed E-state index contributed by atoms with van der Waals surface area (Å²) in [5.41, 5.74) is 2.75. The van der Waals surface area contributed by atoms with E-state index in [9.17, 15) is 0 Å². The van der Waals surface area contributed by atoms with Crippen molar-refractivity contribution in [2.75, 3.05) is 19.7 Å². The molecule has 0 bridgehead atoms. The second kappa shape index (κ2) is 9.18. The van der Waals surface area contributed by atoms with Gasteiger partial charge in [0.05, 0.1) is 6.10 Å². The molecule has 160 valence electrons. The number of allylic oxidation sites excluding steroid dienone is 2. The molecule has 0 saturated carbocycles. The van der Waals surface area contributed by atoms with E-state index in [0.717, 1.165) is 55.9 Å². The van der Waals surface area contributed by atoms with Gasteiger partial charge in [-0.05, 0) is 54.5 Å². The van der Waals surface area contributed by atoms with Crippen molar-refractivity contribution in [1.29, 1.82) is 0 Å². The molecule has 8 heteroatoms. The molecule has 0 radical (unpaired) electrons. The molecular formula is C23H24ClN5O2. The molecule has 7 nitrogen and oxygen atoms in total. The summed E-state index contributed by atoms with van der Waals surface area (Å²) >= 11 is 6.06. The van der Waals surface area contributed by atoms with Gasteiger partial charge in [-0.2, -0.15) is 4.52 Å². The summed E-state index contributed by atoms with van der Waals surface area (Å²) in [5.74, 6) is 1.61. The number of benzene rings is 1. The van der Waals surface area contributed by atoms with Crippen molar-refractivity contribution < 1.29 is 9.47 Å². The zero-order chi connectivity index (χ0) is 21.0. The number of rotatable bonds is 7. The summed E-state index contributed by atoms with van der Waals surface area (Å²) in [7, 11) is 0. The summed E-state index contributed by atoms with van der Waals surface area (Å²) in [6.45, 7) is 2.69. The molecule has 2 unspecified atom stereocenters. The van der Waals surface area contributed by atoms with E-state index in [1.54, 1.807) is 12.1 Å². The van der Waals surface area contributed by atoms with E-state index in [1.807, 2.05) is 18.2 Å². The molecule has 0 spiro atoms. The first kappa shape index (κ1) is 20.2. The van der Waals surface area contributed by atoms with Gasteiger partial charge in [-0.15, -0.1) is 15.3 Å². The molecule has 2 aromatic heterocycles. The minimum absolute atomic E-state index is 0.203. The van der Waals surface area contributed by atoms with Gasteiger partial charge in [-0.3, -0.25) is 0 Å². The van der Waals surface area contributed by atoms with Crippen LogP contribution < -0.4 is 10.1 Å². The highest BCUT2D eigenvalue weighted by Crippen LogP contribution is 2.32. The van der Waals surface area contributed by atoms with Crippen molar-refractivity contribution in [3.05, 3.63) is 71.2 Å². The SMILES string of the molecule is Clc1nnc2ccc(OC3=CCC(CNCC4CCCO4)C=C3c3ccccc3)nn12. The predicted octanol–water partition coefficient (Wildman–Crippen LogP) is 3.91. The average molecular weight is 438 g/mol. The third kappa shape index (κ3) is 4.63. The number of halogens is 1. The molecule has 5 rings (SSSR count). The molecule has 0 amide bonds. The van der Waals surface area contributed by atoms with Gasteiger partial charge in [0.25, 0.3) is 0 Å². The van der Waals surface area contributed by atoms with Crippen LogP contribution in [0.2, 0.25) is 5.28 Å². The van der Waals surface area contributed by atoms with Crippen LogP contribution in [-0.4, -0.2) is 45.6 Å². The molecule has 2 aliphatic rings. The molecule has 1 aromatic carbocycles. The van der Waals surface area contributed by atoms with Crippen LogP contribution in [0.3, 0.4) is 0 Å². The first-order chi connectivity index (χ1) is 15.3. The molecule has 3 heterocycles. The Hall–Kier alpha value is -2.74. The Balaban J connectivity index is 1.33. The van der Waals surface area contributed by atoms with Crippen molar-refractivity contribution in [3.63, 3.8) is 0 Å². The number of nitrogens with one attached hydrogen (secondary N) is 1. The topological polar surface area (TPSA) is 73.6 Å². The van der Waals surface area contributed by atoms with Crippen LogP contribution in [0, 0.1) is 5.92 Å². The number of fused-ring (bicyclic) bond motifs is 1. The second-order valence-corrected chi connectivity index (χ2v) is 8.15. The fraction of sp³-hybridized carbons (Fsp3) is 0.348. The first-order valence-corrected chi connectivity index (χ1v) is 11.0. The van der Waals surface area contributed by atoms with Crippen LogP contribution in [0.15, 0.2) is 60.4 Å². The van der Waals surface area contributed by atoms with Gasteiger partial charge in [0.15, 0.2) is 5.65 Å². The lowest BCUT2D eigenvalue weighted by Gasteiger charge is -2.23. The van der Waals surface area contributed by atoms with E-state index in [4.69, 9.17) is 21.1 Å². The first-order valence-electron chi connectivity index (χ1n) is 10.6. The van der Waals surface area contributed by atoms with E-state index in [0.29, 0.717) is 23.5 Å². The van der Waals surface area contributed by atoms with Crippen molar-refractivity contribution in [2.24, 2.45) is 5.92 Å². The summed E-state index contributed by atoms with van der Waals surface area (Å²) in [6.07, 6.45) is 7.98. The quantitative estimate of drug-likeness (QED) is 0.604. The van der Waals surface area contributed by atoms with Crippen LogP contribution in [0.25, 0.3) is 11.2 Å². The van der Waals surface area contributed by atoms with Gasteiger partial charge >= 0.3 is 0 Å². The number of hydrogen-bond donors (Lipinski definition) is 1. The van der Waals surface area contributed by atoms with Crippen LogP contribution in [0.5, 0.6) is 5.88 Å². The lowest BCUT2D eigenvalue weighted by atomic mass is 9.90. The Labute approximate surface area is 185 Å². The normalized spacial score (nSPS) is 21.2. The molecular weight excluding hydrogens is 414 g/mol. The highest BCUT2D eigenvalue weighted by atomic mass is 35.5. The zero-order valence-electron chi connectivity index (χ0n) is 17.1. The molecule has 31 heavy (non-hydrogen) atoms. The fourth-order valence-electron chi connectivity index (χ4n) is 4.00. The fourth-order valence-corrected chi connectivity index (χ4v) is 4.16. The Morgan fingerprint density at radius 1 is 1.13 bits per heavy atom. The van der Waals surface area contributed by atoms with Gasteiger partial charge in [-0.25, -0.2) is 0 Å². The van der Waals surface area contributed by atoms with E-state index in [-0.39, 0.29) is 5.28 Å². The average Bonchev–Trinajstić information content (AvgIpc) is 3.45. The van der Waals surface area contributed by atoms with E-state index in [1.165, 1.54) is 4.52 Å². The Morgan fingerprint density at radius 3 is 2.87 bits per heavy atom. The van der Waals surface area contributed by atoms with Crippen LogP contribution in [-0.2, 0) is 4.74 Å². The third-order valence-electron chi connectivity index (χ3n) is 5.58. The van der Waals surface area contributed by atoms with Crippen LogP contribution in [0.1, 0.15) is 24.8 Å². The summed E-state index contributed by atoms with van der Waals surface area (Å²) in [5, 5.41) is 16.0. The molecule has 3 aromatic rings. The molecule has 1 aliphatic heterocycles. The molecule has 1 aliphatic carbocycles. The maximum absolute atomic E-state index is 6.20. The van der Waals surface area contributed by atoms with Crippen molar-refractivity contribution in [2.45, 2.75) is 25.4 Å². The van der Waals surface area contributed by atoms with Gasteiger partial charge in [0, 0.05) is 31.3 Å². The largest absolute Gasteiger partial charge is 0.437 e. The number of nitrogens with zero attached hydrogens (tertiary/aromatic N) is 4. The van der Waals surface area contributed by atoms with Gasteiger partial charge in [-0.1, -0.05) is 36.4 Å². The van der Waals surface area contributed by atoms with E-state index < -0.39 is 0 Å². The predicted molar refractivity (Wildman–Crippen MR) is 119 cm³/mol. The molecule has 1 saturated heterocycles. The third-order valence-corrected chi connectivity index (χ3v) is 5.81. The minimum atomic E-state index is 0.203. The Morgan fingerprint density at radius 2 is 2.03 bits per heavy atom. The maximum Gasteiger partial charge on any atom is 0.246 e. The Bertz CT molecular complexity index is 1110. The highest BCUT2D eigenvalue weighted by molar-refractivity contribution is 6.28. The smallest absolute Gasteiger partial charge is 0.246 e.